The zero-order chi connectivity index (χ0) is 32.8. The van der Waals surface area contributed by atoms with E-state index in [2.05, 4.69) is 149 Å². The SMILES string of the molecule is c1ccc(-c2nc(-n3c4ccccc4c4c5c6ccccc6c6c(ccc7c6ncn7-c6ccccc6)c5ccc43)nc3ccccc23)cc1. The van der Waals surface area contributed by atoms with Crippen LogP contribution in [0.3, 0.4) is 0 Å². The standard InChI is InChI=1S/C45H27N5/c1-3-13-28(14-4-1)43-34-19-9-11-21-36(34)47-45(48-43)50-37-22-12-10-20-35(37)42-38(50)25-23-32-33-24-26-39-44(46-27-49(39)29-15-5-2-6-16-29)41(33)31-18-8-7-17-30(31)40(32)42/h1-27H. The summed E-state index contributed by atoms with van der Waals surface area (Å²) in [5.41, 5.74) is 8.25. The molecule has 5 nitrogen and oxygen atoms in total. The Balaban J connectivity index is 1.27. The number of imidazole rings is 1. The fraction of sp³-hybridized carbons (Fsp3) is 0. The number of aromatic nitrogens is 5. The zero-order valence-electron chi connectivity index (χ0n) is 26.8. The molecule has 0 spiro atoms. The van der Waals surface area contributed by atoms with Crippen molar-refractivity contribution in [2.75, 3.05) is 0 Å². The number of rotatable bonds is 3. The van der Waals surface area contributed by atoms with Crippen LogP contribution in [0.1, 0.15) is 0 Å². The first-order valence-electron chi connectivity index (χ1n) is 16.9. The van der Waals surface area contributed by atoms with Crippen LogP contribution in [0.2, 0.25) is 0 Å². The average molecular weight is 638 g/mol. The Labute approximate surface area is 286 Å². The van der Waals surface area contributed by atoms with Crippen LogP contribution < -0.4 is 0 Å². The maximum absolute atomic E-state index is 5.31. The summed E-state index contributed by atoms with van der Waals surface area (Å²) in [4.78, 5) is 15.5. The molecule has 0 aliphatic carbocycles. The predicted octanol–water partition coefficient (Wildman–Crippen LogP) is 11.2. The van der Waals surface area contributed by atoms with Crippen molar-refractivity contribution in [2.45, 2.75) is 0 Å². The van der Waals surface area contributed by atoms with Crippen LogP contribution in [0.15, 0.2) is 164 Å². The third-order valence-corrected chi connectivity index (χ3v) is 10.2. The highest BCUT2D eigenvalue weighted by Crippen LogP contribution is 2.45. The predicted molar refractivity (Wildman–Crippen MR) is 206 cm³/mol. The number of hydrogen-bond acceptors (Lipinski definition) is 3. The van der Waals surface area contributed by atoms with Gasteiger partial charge in [-0.25, -0.2) is 15.0 Å². The Kier molecular flexibility index (Phi) is 5.60. The van der Waals surface area contributed by atoms with Crippen LogP contribution in [-0.2, 0) is 0 Å². The average Bonchev–Trinajstić information content (AvgIpc) is 3.78. The lowest BCUT2D eigenvalue weighted by Crippen LogP contribution is -2.03. The molecule has 0 amide bonds. The van der Waals surface area contributed by atoms with E-state index in [-0.39, 0.29) is 0 Å². The van der Waals surface area contributed by atoms with E-state index in [1.807, 2.05) is 24.5 Å². The summed E-state index contributed by atoms with van der Waals surface area (Å²) in [5.74, 6) is 0.659. The molecule has 0 radical (unpaired) electrons. The van der Waals surface area contributed by atoms with Gasteiger partial charge in [0.25, 0.3) is 0 Å². The van der Waals surface area contributed by atoms with Gasteiger partial charge in [-0.2, -0.15) is 0 Å². The molecule has 0 aliphatic rings. The monoisotopic (exact) mass is 637 g/mol. The topological polar surface area (TPSA) is 48.5 Å². The Morgan fingerprint density at radius 2 is 1.00 bits per heavy atom. The summed E-state index contributed by atoms with van der Waals surface area (Å²) in [6.07, 6.45) is 1.95. The van der Waals surface area contributed by atoms with Crippen molar-refractivity contribution in [1.82, 2.24) is 24.1 Å². The summed E-state index contributed by atoms with van der Waals surface area (Å²) < 4.78 is 4.42. The van der Waals surface area contributed by atoms with Crippen molar-refractivity contribution in [3.05, 3.63) is 164 Å². The lowest BCUT2D eigenvalue weighted by atomic mass is 9.91. The highest BCUT2D eigenvalue weighted by Gasteiger charge is 2.22. The molecule has 11 rings (SSSR count). The second-order valence-electron chi connectivity index (χ2n) is 12.8. The Bertz CT molecular complexity index is 3120. The smallest absolute Gasteiger partial charge is 0.235 e. The van der Waals surface area contributed by atoms with E-state index in [1.54, 1.807) is 0 Å². The van der Waals surface area contributed by atoms with Gasteiger partial charge in [0.05, 0.1) is 33.3 Å². The molecule has 0 saturated carbocycles. The van der Waals surface area contributed by atoms with Gasteiger partial charge in [-0.3, -0.25) is 9.13 Å². The van der Waals surface area contributed by atoms with Crippen molar-refractivity contribution in [3.63, 3.8) is 0 Å². The maximum atomic E-state index is 5.31. The van der Waals surface area contributed by atoms with Gasteiger partial charge in [-0.05, 0) is 57.9 Å². The normalized spacial score (nSPS) is 12.0. The molecule has 0 unspecified atom stereocenters. The van der Waals surface area contributed by atoms with Crippen molar-refractivity contribution in [1.29, 1.82) is 0 Å². The van der Waals surface area contributed by atoms with Gasteiger partial charge < -0.3 is 0 Å². The second kappa shape index (κ2) is 10.3. The second-order valence-corrected chi connectivity index (χ2v) is 12.8. The van der Waals surface area contributed by atoms with Gasteiger partial charge in [-0.15, -0.1) is 0 Å². The van der Waals surface area contributed by atoms with E-state index in [4.69, 9.17) is 15.0 Å². The number of para-hydroxylation sites is 3. The first-order valence-corrected chi connectivity index (χ1v) is 16.9. The molecule has 232 valence electrons. The van der Waals surface area contributed by atoms with Crippen LogP contribution in [-0.4, -0.2) is 24.1 Å². The highest BCUT2D eigenvalue weighted by molar-refractivity contribution is 6.37. The summed E-state index contributed by atoms with van der Waals surface area (Å²) >= 11 is 0. The molecule has 0 fully saturated rings. The van der Waals surface area contributed by atoms with Gasteiger partial charge in [0.1, 0.15) is 6.33 Å². The van der Waals surface area contributed by atoms with Crippen molar-refractivity contribution < 1.29 is 0 Å². The lowest BCUT2D eigenvalue weighted by molar-refractivity contribution is 1.01. The van der Waals surface area contributed by atoms with E-state index in [9.17, 15) is 0 Å². The van der Waals surface area contributed by atoms with Crippen molar-refractivity contribution >= 4 is 76.1 Å². The Morgan fingerprint density at radius 1 is 0.400 bits per heavy atom. The quantitative estimate of drug-likeness (QED) is 0.181. The minimum Gasteiger partial charge on any atom is -0.299 e. The van der Waals surface area contributed by atoms with Gasteiger partial charge in [0.2, 0.25) is 5.95 Å². The first kappa shape index (κ1) is 27.1. The largest absolute Gasteiger partial charge is 0.299 e. The molecule has 11 aromatic rings. The molecule has 3 aromatic heterocycles. The van der Waals surface area contributed by atoms with Crippen LogP contribution in [0.25, 0.3) is 99.0 Å². The van der Waals surface area contributed by atoms with E-state index < -0.39 is 0 Å². The van der Waals surface area contributed by atoms with Crippen LogP contribution in [0.4, 0.5) is 0 Å². The molecule has 50 heavy (non-hydrogen) atoms. The number of nitrogens with zero attached hydrogens (tertiary/aromatic N) is 5. The van der Waals surface area contributed by atoms with Gasteiger partial charge in [0.15, 0.2) is 0 Å². The van der Waals surface area contributed by atoms with Gasteiger partial charge in [-0.1, -0.05) is 121 Å². The third kappa shape index (κ3) is 3.74. The fourth-order valence-electron chi connectivity index (χ4n) is 8.05. The summed E-state index contributed by atoms with van der Waals surface area (Å²) in [6.45, 7) is 0. The van der Waals surface area contributed by atoms with Gasteiger partial charge in [0, 0.05) is 38.2 Å². The fourth-order valence-corrected chi connectivity index (χ4v) is 8.05. The summed E-state index contributed by atoms with van der Waals surface area (Å²) in [6, 6.07) is 55.6. The molecule has 0 saturated heterocycles. The molecule has 0 bridgehead atoms. The van der Waals surface area contributed by atoms with Crippen LogP contribution >= 0.6 is 0 Å². The maximum Gasteiger partial charge on any atom is 0.235 e. The van der Waals surface area contributed by atoms with E-state index in [0.717, 1.165) is 49.9 Å². The first-order chi connectivity index (χ1) is 24.8. The van der Waals surface area contributed by atoms with E-state index >= 15 is 0 Å². The number of hydrogen-bond donors (Lipinski definition) is 0. The summed E-state index contributed by atoms with van der Waals surface area (Å²) in [7, 11) is 0. The third-order valence-electron chi connectivity index (χ3n) is 10.2. The van der Waals surface area contributed by atoms with Crippen LogP contribution in [0, 0.1) is 0 Å². The molecule has 0 atom stereocenters. The van der Waals surface area contributed by atoms with Crippen molar-refractivity contribution in [3.8, 4) is 22.9 Å². The zero-order valence-corrected chi connectivity index (χ0v) is 26.8. The number of fused-ring (bicyclic) bond motifs is 13. The Hall–Kier alpha value is -6.85. The van der Waals surface area contributed by atoms with Crippen molar-refractivity contribution in [2.24, 2.45) is 0 Å². The lowest BCUT2D eigenvalue weighted by Gasteiger charge is -2.14. The van der Waals surface area contributed by atoms with Gasteiger partial charge >= 0.3 is 0 Å². The molecule has 8 aromatic carbocycles. The minimum atomic E-state index is 0.659. The molecule has 3 heterocycles. The molecular weight excluding hydrogens is 611 g/mol. The molecule has 0 aliphatic heterocycles. The molecule has 0 N–H and O–H groups in total. The molecular formula is C45H27N5. The van der Waals surface area contributed by atoms with E-state index in [0.29, 0.717) is 5.95 Å². The number of benzene rings is 8. The van der Waals surface area contributed by atoms with E-state index in [1.165, 1.54) is 43.1 Å². The summed E-state index contributed by atoms with van der Waals surface area (Å²) in [5, 5.41) is 10.6. The Morgan fingerprint density at radius 3 is 1.80 bits per heavy atom. The van der Waals surface area contributed by atoms with Crippen LogP contribution in [0.5, 0.6) is 0 Å². The molecule has 5 heteroatoms. The highest BCUT2D eigenvalue weighted by atomic mass is 15.2. The minimum absolute atomic E-state index is 0.659.